The first-order chi connectivity index (χ1) is 3.42. The molecule has 0 aliphatic rings. The van der Waals surface area contributed by atoms with E-state index in [-0.39, 0.29) is 29.6 Å². The summed E-state index contributed by atoms with van der Waals surface area (Å²) in [5.41, 5.74) is 0. The van der Waals surface area contributed by atoms with Gasteiger partial charge in [-0.2, -0.15) is 0 Å². The Labute approximate surface area is 89.3 Å². The molecular formula is C2H3BrClNaO3S. The molecule has 0 aromatic rings. The quantitative estimate of drug-likeness (QED) is 0.307. The third-order valence-corrected chi connectivity index (χ3v) is 2.16. The first-order valence-corrected chi connectivity index (χ1v) is 4.56. The maximum absolute atomic E-state index is 9.77. The Morgan fingerprint density at radius 2 is 2.00 bits per heavy atom. The van der Waals surface area contributed by atoms with Gasteiger partial charge in [-0.25, -0.2) is 8.42 Å². The number of alkyl halides is 2. The molecule has 0 spiro atoms. The summed E-state index contributed by atoms with van der Waals surface area (Å²) in [5.74, 6) is -0.575. The van der Waals surface area contributed by atoms with Gasteiger partial charge in [-0.05, 0) is 0 Å². The molecule has 7 heteroatoms. The Bertz CT molecular complexity index is 155. The van der Waals surface area contributed by atoms with Crippen LogP contribution < -0.4 is 29.6 Å². The van der Waals surface area contributed by atoms with Gasteiger partial charge in [-0.15, -0.1) is 11.6 Å². The van der Waals surface area contributed by atoms with Crippen LogP contribution in [0, 0.1) is 0 Å². The smallest absolute Gasteiger partial charge is 0.748 e. The zero-order chi connectivity index (χ0) is 6.78. The van der Waals surface area contributed by atoms with Gasteiger partial charge in [0.15, 0.2) is 0 Å². The fraction of sp³-hybridized carbons (Fsp3) is 1.00. The van der Waals surface area contributed by atoms with Gasteiger partial charge in [0, 0.05) is 0 Å². The fourth-order valence-corrected chi connectivity index (χ4v) is 1.90. The van der Waals surface area contributed by atoms with E-state index in [0.717, 1.165) is 0 Å². The summed E-state index contributed by atoms with van der Waals surface area (Å²) < 4.78 is 28.5. The molecule has 0 rings (SSSR count). The molecule has 0 radical (unpaired) electrons. The molecule has 3 nitrogen and oxygen atoms in total. The summed E-state index contributed by atoms with van der Waals surface area (Å²) in [6, 6.07) is 0. The van der Waals surface area contributed by atoms with Crippen LogP contribution in [0.4, 0.5) is 0 Å². The van der Waals surface area contributed by atoms with Gasteiger partial charge in [0.25, 0.3) is 0 Å². The summed E-state index contributed by atoms with van der Waals surface area (Å²) in [4.78, 5) is 0. The van der Waals surface area contributed by atoms with Crippen molar-refractivity contribution in [1.29, 1.82) is 0 Å². The summed E-state index contributed by atoms with van der Waals surface area (Å²) in [5, 5.41) is 0. The van der Waals surface area contributed by atoms with Crippen molar-refractivity contribution in [1.82, 2.24) is 0 Å². The van der Waals surface area contributed by atoms with Gasteiger partial charge < -0.3 is 4.55 Å². The van der Waals surface area contributed by atoms with Gasteiger partial charge in [0.1, 0.15) is 4.29 Å². The van der Waals surface area contributed by atoms with Crippen LogP contribution >= 0.6 is 27.5 Å². The first-order valence-electron chi connectivity index (χ1n) is 1.63. The second-order valence-electron chi connectivity index (χ2n) is 1.12. The first kappa shape index (κ1) is 13.3. The van der Waals surface area contributed by atoms with E-state index in [1.807, 2.05) is 0 Å². The third kappa shape index (κ3) is 12.8. The Balaban J connectivity index is 0. The van der Waals surface area contributed by atoms with Crippen LogP contribution in [0.1, 0.15) is 0 Å². The van der Waals surface area contributed by atoms with Crippen LogP contribution in [0.3, 0.4) is 0 Å². The minimum absolute atomic E-state index is 0. The van der Waals surface area contributed by atoms with Crippen molar-refractivity contribution in [2.24, 2.45) is 0 Å². The molecule has 0 aliphatic carbocycles. The Kier molecular flexibility index (Phi) is 7.89. The van der Waals surface area contributed by atoms with Gasteiger partial charge in [-0.3, -0.25) is 0 Å². The van der Waals surface area contributed by atoms with Crippen LogP contribution in [0.2, 0.25) is 0 Å². The van der Waals surface area contributed by atoms with E-state index in [4.69, 9.17) is 11.6 Å². The van der Waals surface area contributed by atoms with E-state index < -0.39 is 20.2 Å². The molecular weight excluding hydrogens is 242 g/mol. The molecule has 1 atom stereocenters. The molecule has 0 fully saturated rings. The number of halogens is 2. The van der Waals surface area contributed by atoms with Gasteiger partial charge >= 0.3 is 29.6 Å². The largest absolute Gasteiger partial charge is 1.00 e. The Morgan fingerprint density at radius 1 is 1.67 bits per heavy atom. The monoisotopic (exact) mass is 244 g/mol. The predicted octanol–water partition coefficient (Wildman–Crippen LogP) is -2.50. The third-order valence-electron chi connectivity index (χ3n) is 0.330. The zero-order valence-electron chi connectivity index (χ0n) is 4.67. The number of hydrogen-bond acceptors (Lipinski definition) is 3. The summed E-state index contributed by atoms with van der Waals surface area (Å²) in [7, 11) is -4.15. The van der Waals surface area contributed by atoms with Gasteiger partial charge in [-0.1, -0.05) is 15.9 Å². The Hall–Kier alpha value is 1.68. The summed E-state index contributed by atoms with van der Waals surface area (Å²) >= 11 is 7.80. The number of rotatable bonds is 2. The molecule has 0 saturated carbocycles. The SMILES string of the molecule is O=S(=O)([O-])CC(Cl)Br.[Na+]. The van der Waals surface area contributed by atoms with Crippen LogP contribution in [0.5, 0.6) is 0 Å². The van der Waals surface area contributed by atoms with Crippen molar-refractivity contribution in [3.63, 3.8) is 0 Å². The summed E-state index contributed by atoms with van der Waals surface area (Å²) in [6.07, 6.45) is 0. The molecule has 1 unspecified atom stereocenters. The molecule has 0 aromatic carbocycles. The Morgan fingerprint density at radius 3 is 2.00 bits per heavy atom. The fourth-order valence-electron chi connectivity index (χ4n) is 0.154. The molecule has 50 valence electrons. The van der Waals surface area contributed by atoms with Crippen LogP contribution in [0.15, 0.2) is 0 Å². The van der Waals surface area contributed by atoms with E-state index in [0.29, 0.717) is 0 Å². The topological polar surface area (TPSA) is 57.2 Å². The van der Waals surface area contributed by atoms with Gasteiger partial charge in [0.05, 0.1) is 15.9 Å². The van der Waals surface area contributed by atoms with E-state index in [9.17, 15) is 13.0 Å². The maximum Gasteiger partial charge on any atom is 1.00 e. The molecule has 0 aromatic heterocycles. The van der Waals surface area contributed by atoms with Crippen molar-refractivity contribution in [2.45, 2.75) is 4.29 Å². The van der Waals surface area contributed by atoms with Crippen LogP contribution in [0.25, 0.3) is 0 Å². The van der Waals surface area contributed by atoms with Crippen molar-refractivity contribution >= 4 is 37.6 Å². The average Bonchev–Trinajstić information content (AvgIpc) is 1.21. The van der Waals surface area contributed by atoms with Gasteiger partial charge in [0.2, 0.25) is 0 Å². The predicted molar refractivity (Wildman–Crippen MR) is 33.1 cm³/mol. The van der Waals surface area contributed by atoms with E-state index in [1.54, 1.807) is 0 Å². The molecule has 0 aliphatic heterocycles. The van der Waals surface area contributed by atoms with Crippen molar-refractivity contribution < 1.29 is 42.5 Å². The molecule has 0 heterocycles. The van der Waals surface area contributed by atoms with E-state index in [2.05, 4.69) is 15.9 Å². The van der Waals surface area contributed by atoms with Crippen molar-refractivity contribution in [3.8, 4) is 0 Å². The average molecular weight is 245 g/mol. The minimum atomic E-state index is -4.15. The second-order valence-corrected chi connectivity index (χ2v) is 4.72. The molecule has 9 heavy (non-hydrogen) atoms. The van der Waals surface area contributed by atoms with E-state index in [1.165, 1.54) is 0 Å². The standard InChI is InChI=1S/C2H4BrClO3S.Na/c3-2(4)1-8(5,6)7;/h2H,1H2,(H,5,6,7);/q;+1/p-1. The molecule has 0 N–H and O–H groups in total. The second kappa shape index (κ2) is 5.35. The van der Waals surface area contributed by atoms with Crippen LogP contribution in [-0.2, 0) is 10.1 Å². The maximum atomic E-state index is 9.77. The number of hydrogen-bond donors (Lipinski definition) is 0. The van der Waals surface area contributed by atoms with Crippen LogP contribution in [-0.4, -0.2) is 23.0 Å². The molecule has 0 bridgehead atoms. The van der Waals surface area contributed by atoms with E-state index >= 15 is 0 Å². The normalized spacial score (nSPS) is 14.1. The molecule has 0 amide bonds. The zero-order valence-corrected chi connectivity index (χ0v) is 9.83. The van der Waals surface area contributed by atoms with Crippen molar-refractivity contribution in [3.05, 3.63) is 0 Å². The molecule has 0 saturated heterocycles. The minimum Gasteiger partial charge on any atom is -0.748 e. The summed E-state index contributed by atoms with van der Waals surface area (Å²) in [6.45, 7) is 0. The van der Waals surface area contributed by atoms with Crippen molar-refractivity contribution in [2.75, 3.05) is 5.75 Å².